The molecule has 0 spiro atoms. The summed E-state index contributed by atoms with van der Waals surface area (Å²) in [6.07, 6.45) is 0.971. The molecule has 1 aliphatic rings. The van der Waals surface area contributed by atoms with E-state index in [2.05, 4.69) is 5.32 Å². The Labute approximate surface area is 155 Å². The highest BCUT2D eigenvalue weighted by atomic mass is 32.2. The van der Waals surface area contributed by atoms with Crippen molar-refractivity contribution in [1.82, 2.24) is 4.90 Å². The summed E-state index contributed by atoms with van der Waals surface area (Å²) >= 11 is 3.14. The van der Waals surface area contributed by atoms with Crippen LogP contribution in [-0.4, -0.2) is 42.1 Å². The van der Waals surface area contributed by atoms with Crippen LogP contribution in [0.25, 0.3) is 0 Å². The SMILES string of the molecule is NCC1CCN(C(=O)c2ccc(NC(=O)CSc3cccs3)cc2)C1. The van der Waals surface area contributed by atoms with Crippen LogP contribution in [0.2, 0.25) is 0 Å². The number of carbonyl (C=O) groups excluding carboxylic acids is 2. The van der Waals surface area contributed by atoms with Crippen molar-refractivity contribution < 1.29 is 9.59 Å². The van der Waals surface area contributed by atoms with E-state index >= 15 is 0 Å². The molecule has 2 aromatic rings. The third-order valence-corrected chi connectivity index (χ3v) is 6.29. The van der Waals surface area contributed by atoms with Gasteiger partial charge < -0.3 is 16.0 Å². The van der Waals surface area contributed by atoms with E-state index in [4.69, 9.17) is 5.73 Å². The maximum absolute atomic E-state index is 12.5. The van der Waals surface area contributed by atoms with Gasteiger partial charge in [-0.3, -0.25) is 9.59 Å². The number of nitrogens with two attached hydrogens (primary N) is 1. The lowest BCUT2D eigenvalue weighted by atomic mass is 10.1. The number of benzene rings is 1. The highest BCUT2D eigenvalue weighted by molar-refractivity contribution is 8.01. The third-order valence-electron chi connectivity index (χ3n) is 4.16. The van der Waals surface area contributed by atoms with E-state index in [0.717, 1.165) is 23.7 Å². The maximum Gasteiger partial charge on any atom is 0.253 e. The number of amides is 2. The molecule has 7 heteroatoms. The quantitative estimate of drug-likeness (QED) is 0.761. The predicted octanol–water partition coefficient (Wildman–Crippen LogP) is 2.90. The topological polar surface area (TPSA) is 75.4 Å². The molecule has 0 saturated carbocycles. The number of nitrogens with one attached hydrogen (secondary N) is 1. The zero-order valence-electron chi connectivity index (χ0n) is 13.8. The molecule has 1 aromatic heterocycles. The number of nitrogens with zero attached hydrogens (tertiary/aromatic N) is 1. The molecule has 25 heavy (non-hydrogen) atoms. The first-order valence-corrected chi connectivity index (χ1v) is 10.1. The number of likely N-dealkylation sites (tertiary alicyclic amines) is 1. The van der Waals surface area contributed by atoms with E-state index in [-0.39, 0.29) is 11.8 Å². The average molecular weight is 376 g/mol. The second kappa shape index (κ2) is 8.51. The molecule has 1 saturated heterocycles. The summed E-state index contributed by atoms with van der Waals surface area (Å²) in [5.41, 5.74) is 7.02. The molecule has 0 bridgehead atoms. The smallest absolute Gasteiger partial charge is 0.253 e. The summed E-state index contributed by atoms with van der Waals surface area (Å²) in [7, 11) is 0. The molecule has 1 aromatic carbocycles. The highest BCUT2D eigenvalue weighted by Crippen LogP contribution is 2.23. The Kier molecular flexibility index (Phi) is 6.12. The van der Waals surface area contributed by atoms with Crippen molar-refractivity contribution >= 4 is 40.6 Å². The van der Waals surface area contributed by atoms with Crippen LogP contribution < -0.4 is 11.1 Å². The summed E-state index contributed by atoms with van der Waals surface area (Å²) in [4.78, 5) is 26.3. The lowest BCUT2D eigenvalue weighted by Crippen LogP contribution is -2.29. The van der Waals surface area contributed by atoms with E-state index in [0.29, 0.717) is 29.5 Å². The van der Waals surface area contributed by atoms with Crippen LogP contribution in [0.4, 0.5) is 5.69 Å². The minimum atomic E-state index is -0.0530. The number of hydrogen-bond acceptors (Lipinski definition) is 5. The monoisotopic (exact) mass is 375 g/mol. The van der Waals surface area contributed by atoms with Crippen LogP contribution in [0.3, 0.4) is 0 Å². The molecule has 1 atom stereocenters. The van der Waals surface area contributed by atoms with Crippen LogP contribution in [0.15, 0.2) is 46.0 Å². The van der Waals surface area contributed by atoms with E-state index in [1.807, 2.05) is 22.4 Å². The Morgan fingerprint density at radius 1 is 1.28 bits per heavy atom. The Hall–Kier alpha value is -1.83. The van der Waals surface area contributed by atoms with Crippen molar-refractivity contribution in [2.45, 2.75) is 10.6 Å². The van der Waals surface area contributed by atoms with Gasteiger partial charge in [-0.15, -0.1) is 23.1 Å². The van der Waals surface area contributed by atoms with Gasteiger partial charge in [-0.05, 0) is 54.6 Å². The van der Waals surface area contributed by atoms with Crippen LogP contribution in [-0.2, 0) is 4.79 Å². The van der Waals surface area contributed by atoms with Gasteiger partial charge in [-0.25, -0.2) is 0 Å². The molecule has 2 amide bonds. The first-order chi connectivity index (χ1) is 12.2. The van der Waals surface area contributed by atoms with Crippen molar-refractivity contribution in [3.05, 3.63) is 47.3 Å². The lowest BCUT2D eigenvalue weighted by Gasteiger charge is -2.16. The molecule has 1 unspecified atom stereocenters. The van der Waals surface area contributed by atoms with E-state index in [1.54, 1.807) is 35.6 Å². The normalized spacial score (nSPS) is 16.8. The fourth-order valence-corrected chi connectivity index (χ4v) is 4.35. The molecule has 3 rings (SSSR count). The van der Waals surface area contributed by atoms with Gasteiger partial charge in [0.25, 0.3) is 5.91 Å². The summed E-state index contributed by atoms with van der Waals surface area (Å²) in [6.45, 7) is 2.12. The van der Waals surface area contributed by atoms with Crippen LogP contribution in [0, 0.1) is 5.92 Å². The summed E-state index contributed by atoms with van der Waals surface area (Å²) in [5.74, 6) is 0.753. The van der Waals surface area contributed by atoms with Gasteiger partial charge in [0.15, 0.2) is 0 Å². The summed E-state index contributed by atoms with van der Waals surface area (Å²) in [6, 6.07) is 11.0. The van der Waals surface area contributed by atoms with Crippen molar-refractivity contribution in [2.24, 2.45) is 11.7 Å². The van der Waals surface area contributed by atoms with Gasteiger partial charge in [-0.1, -0.05) is 6.07 Å². The molecular formula is C18H21N3O2S2. The average Bonchev–Trinajstić information content (AvgIpc) is 3.31. The van der Waals surface area contributed by atoms with Gasteiger partial charge in [0.1, 0.15) is 0 Å². The van der Waals surface area contributed by atoms with Crippen molar-refractivity contribution in [1.29, 1.82) is 0 Å². The van der Waals surface area contributed by atoms with Crippen LogP contribution in [0.1, 0.15) is 16.8 Å². The zero-order valence-corrected chi connectivity index (χ0v) is 15.4. The molecular weight excluding hydrogens is 354 g/mol. The fraction of sp³-hybridized carbons (Fsp3) is 0.333. The van der Waals surface area contributed by atoms with Crippen LogP contribution >= 0.6 is 23.1 Å². The first kappa shape index (κ1) is 18.0. The van der Waals surface area contributed by atoms with E-state index in [1.165, 1.54) is 11.8 Å². The minimum Gasteiger partial charge on any atom is -0.338 e. The Morgan fingerprint density at radius 3 is 2.72 bits per heavy atom. The lowest BCUT2D eigenvalue weighted by molar-refractivity contribution is -0.113. The molecule has 1 fully saturated rings. The number of hydrogen-bond donors (Lipinski definition) is 2. The van der Waals surface area contributed by atoms with Gasteiger partial charge in [0, 0.05) is 24.3 Å². The van der Waals surface area contributed by atoms with Gasteiger partial charge in [-0.2, -0.15) is 0 Å². The Bertz CT molecular complexity index is 716. The summed E-state index contributed by atoms with van der Waals surface area (Å²) in [5, 5.41) is 4.85. The van der Waals surface area contributed by atoms with E-state index < -0.39 is 0 Å². The second-order valence-electron chi connectivity index (χ2n) is 5.99. The molecule has 0 radical (unpaired) electrons. The molecule has 132 valence electrons. The Morgan fingerprint density at radius 2 is 2.08 bits per heavy atom. The first-order valence-electron chi connectivity index (χ1n) is 8.21. The standard InChI is InChI=1S/C18H21N3O2S2/c19-10-13-7-8-21(11-13)18(23)14-3-5-15(6-4-14)20-16(22)12-25-17-2-1-9-24-17/h1-6,9,13H,7-8,10-12,19H2,(H,20,22). The van der Waals surface area contributed by atoms with Crippen molar-refractivity contribution in [2.75, 3.05) is 30.7 Å². The number of rotatable bonds is 6. The number of anilines is 1. The molecule has 5 nitrogen and oxygen atoms in total. The van der Waals surface area contributed by atoms with Crippen molar-refractivity contribution in [3.8, 4) is 0 Å². The van der Waals surface area contributed by atoms with Gasteiger partial charge in [0.05, 0.1) is 9.96 Å². The second-order valence-corrected chi connectivity index (χ2v) is 8.21. The molecule has 2 heterocycles. The zero-order chi connectivity index (χ0) is 17.6. The minimum absolute atomic E-state index is 0.0297. The predicted molar refractivity (Wildman–Crippen MR) is 103 cm³/mol. The fourth-order valence-electron chi connectivity index (χ4n) is 2.77. The third kappa shape index (κ3) is 4.84. The summed E-state index contributed by atoms with van der Waals surface area (Å²) < 4.78 is 1.12. The van der Waals surface area contributed by atoms with Gasteiger partial charge in [0.2, 0.25) is 5.91 Å². The number of thiophene rings is 1. The van der Waals surface area contributed by atoms with Gasteiger partial charge >= 0.3 is 0 Å². The molecule has 3 N–H and O–H groups in total. The largest absolute Gasteiger partial charge is 0.338 e. The molecule has 1 aliphatic heterocycles. The highest BCUT2D eigenvalue weighted by Gasteiger charge is 2.25. The Balaban J connectivity index is 1.51. The number of thioether (sulfide) groups is 1. The number of carbonyl (C=O) groups is 2. The van der Waals surface area contributed by atoms with E-state index in [9.17, 15) is 9.59 Å². The van der Waals surface area contributed by atoms with Crippen LogP contribution in [0.5, 0.6) is 0 Å². The maximum atomic E-state index is 12.5. The molecule has 0 aliphatic carbocycles. The van der Waals surface area contributed by atoms with Crippen molar-refractivity contribution in [3.63, 3.8) is 0 Å².